The highest BCUT2D eigenvalue weighted by Gasteiger charge is 2.19. The van der Waals surface area contributed by atoms with Gasteiger partial charge >= 0.3 is 5.97 Å². The lowest BCUT2D eigenvalue weighted by atomic mass is 10.00. The van der Waals surface area contributed by atoms with Crippen molar-refractivity contribution in [3.63, 3.8) is 0 Å². The predicted molar refractivity (Wildman–Crippen MR) is 73.2 cm³/mol. The summed E-state index contributed by atoms with van der Waals surface area (Å²) in [5.41, 5.74) is 0.0112. The molecule has 0 aromatic heterocycles. The van der Waals surface area contributed by atoms with Crippen molar-refractivity contribution >= 4 is 22.5 Å². The topological polar surface area (TPSA) is 83.8 Å². The number of Topliss-reactive ketones (excluding diaryl/α,β-unsaturated/α-hetero) is 1. The Morgan fingerprint density at radius 1 is 1.25 bits per heavy atom. The van der Waals surface area contributed by atoms with Crippen LogP contribution in [0, 0.1) is 0 Å². The zero-order valence-electron chi connectivity index (χ0n) is 11.1. The molecule has 104 valence electrons. The molecule has 0 unspecified atom stereocenters. The van der Waals surface area contributed by atoms with Gasteiger partial charge in [-0.3, -0.25) is 9.59 Å². The van der Waals surface area contributed by atoms with Crippen LogP contribution in [0.15, 0.2) is 24.3 Å². The molecule has 2 N–H and O–H groups in total. The van der Waals surface area contributed by atoms with Crippen LogP contribution in [-0.2, 0) is 4.79 Å². The van der Waals surface area contributed by atoms with E-state index in [-0.39, 0.29) is 40.4 Å². The van der Waals surface area contributed by atoms with Gasteiger partial charge in [0.1, 0.15) is 17.2 Å². The van der Waals surface area contributed by atoms with Gasteiger partial charge in [-0.05, 0) is 12.1 Å². The molecule has 2 aromatic rings. The van der Waals surface area contributed by atoms with Gasteiger partial charge in [-0.15, -0.1) is 0 Å². The molecular weight excluding hydrogens is 260 g/mol. The number of ketones is 1. The summed E-state index contributed by atoms with van der Waals surface area (Å²) in [5.74, 6) is -1.19. The van der Waals surface area contributed by atoms with Crippen molar-refractivity contribution in [3.8, 4) is 17.2 Å². The normalized spacial score (nSPS) is 10.5. The Morgan fingerprint density at radius 2 is 1.95 bits per heavy atom. The molecule has 0 aliphatic rings. The molecule has 0 amide bonds. The molecule has 5 heteroatoms. The second kappa shape index (κ2) is 5.21. The van der Waals surface area contributed by atoms with E-state index in [0.29, 0.717) is 5.39 Å². The van der Waals surface area contributed by atoms with Crippen LogP contribution in [0.5, 0.6) is 17.2 Å². The summed E-state index contributed by atoms with van der Waals surface area (Å²) in [7, 11) is 0. The summed E-state index contributed by atoms with van der Waals surface area (Å²) in [6.07, 6.45) is 0.189. The number of carbonyl (C=O) groups excluding carboxylic acids is 2. The SMILES string of the molecule is CCC(=O)c1cc(O)c2cccc(OC(C)=O)c2c1O. The number of phenols is 2. The molecule has 0 spiro atoms. The molecule has 20 heavy (non-hydrogen) atoms. The van der Waals surface area contributed by atoms with E-state index >= 15 is 0 Å². The molecule has 0 atom stereocenters. The van der Waals surface area contributed by atoms with E-state index in [0.717, 1.165) is 0 Å². The molecule has 5 nitrogen and oxygen atoms in total. The molecule has 0 radical (unpaired) electrons. The Kier molecular flexibility index (Phi) is 3.61. The van der Waals surface area contributed by atoms with Gasteiger partial charge in [-0.1, -0.05) is 19.1 Å². The maximum Gasteiger partial charge on any atom is 0.308 e. The van der Waals surface area contributed by atoms with Gasteiger partial charge in [0, 0.05) is 18.7 Å². The standard InChI is InChI=1S/C15H14O5/c1-3-11(17)10-7-12(18)9-5-4-6-13(20-8(2)16)14(9)15(10)19/h4-7,18-19H,3H2,1-2H3. The van der Waals surface area contributed by atoms with Gasteiger partial charge in [0.15, 0.2) is 5.78 Å². The molecule has 0 heterocycles. The molecule has 0 aliphatic carbocycles. The Balaban J connectivity index is 2.81. The summed E-state index contributed by atoms with van der Waals surface area (Å²) >= 11 is 0. The van der Waals surface area contributed by atoms with E-state index in [1.165, 1.54) is 19.1 Å². The van der Waals surface area contributed by atoms with Crippen LogP contribution in [0.3, 0.4) is 0 Å². The molecule has 0 fully saturated rings. The van der Waals surface area contributed by atoms with Crippen LogP contribution < -0.4 is 4.74 Å². The van der Waals surface area contributed by atoms with Crippen molar-refractivity contribution in [2.75, 3.05) is 0 Å². The third-order valence-corrected chi connectivity index (χ3v) is 2.95. The highest BCUT2D eigenvalue weighted by molar-refractivity contribution is 6.08. The molecule has 2 rings (SSSR count). The molecule has 0 saturated carbocycles. The third-order valence-electron chi connectivity index (χ3n) is 2.95. The molecule has 0 bridgehead atoms. The van der Waals surface area contributed by atoms with Crippen molar-refractivity contribution in [2.24, 2.45) is 0 Å². The maximum absolute atomic E-state index is 11.8. The predicted octanol–water partition coefficient (Wildman–Crippen LogP) is 2.77. The lowest BCUT2D eigenvalue weighted by Gasteiger charge is -2.12. The van der Waals surface area contributed by atoms with Crippen LogP contribution >= 0.6 is 0 Å². The van der Waals surface area contributed by atoms with E-state index in [9.17, 15) is 19.8 Å². The molecule has 0 aliphatic heterocycles. The lowest BCUT2D eigenvalue weighted by Crippen LogP contribution is -2.03. The second-order valence-electron chi connectivity index (χ2n) is 4.34. The van der Waals surface area contributed by atoms with Gasteiger partial charge < -0.3 is 14.9 Å². The van der Waals surface area contributed by atoms with Crippen molar-refractivity contribution < 1.29 is 24.5 Å². The first-order chi connectivity index (χ1) is 9.45. The van der Waals surface area contributed by atoms with Crippen molar-refractivity contribution in [1.82, 2.24) is 0 Å². The van der Waals surface area contributed by atoms with E-state index in [4.69, 9.17) is 4.74 Å². The highest BCUT2D eigenvalue weighted by atomic mass is 16.5. The van der Waals surface area contributed by atoms with E-state index in [1.54, 1.807) is 19.1 Å². The highest BCUT2D eigenvalue weighted by Crippen LogP contribution is 2.41. The number of carbonyl (C=O) groups is 2. The van der Waals surface area contributed by atoms with Gasteiger partial charge in [0.25, 0.3) is 0 Å². The number of hydrogen-bond donors (Lipinski definition) is 2. The third kappa shape index (κ3) is 2.30. The van der Waals surface area contributed by atoms with Crippen LogP contribution in [0.25, 0.3) is 10.8 Å². The van der Waals surface area contributed by atoms with Crippen molar-refractivity contribution in [2.45, 2.75) is 20.3 Å². The number of hydrogen-bond acceptors (Lipinski definition) is 5. The molecular formula is C15H14O5. The summed E-state index contributed by atoms with van der Waals surface area (Å²) in [6.45, 7) is 2.89. The Morgan fingerprint density at radius 3 is 2.55 bits per heavy atom. The second-order valence-corrected chi connectivity index (χ2v) is 4.34. The Labute approximate surface area is 115 Å². The zero-order chi connectivity index (χ0) is 14.9. The minimum absolute atomic E-state index is 0.0112. The number of benzene rings is 2. The smallest absolute Gasteiger partial charge is 0.308 e. The summed E-state index contributed by atoms with van der Waals surface area (Å²) < 4.78 is 5.01. The Hall–Kier alpha value is -2.56. The van der Waals surface area contributed by atoms with E-state index in [1.807, 2.05) is 0 Å². The largest absolute Gasteiger partial charge is 0.507 e. The van der Waals surface area contributed by atoms with Crippen LogP contribution in [0.2, 0.25) is 0 Å². The van der Waals surface area contributed by atoms with Gasteiger partial charge in [-0.25, -0.2) is 0 Å². The first-order valence-corrected chi connectivity index (χ1v) is 6.15. The molecule has 0 saturated heterocycles. The fourth-order valence-electron chi connectivity index (χ4n) is 2.05. The fraction of sp³-hybridized carbons (Fsp3) is 0.200. The van der Waals surface area contributed by atoms with Crippen molar-refractivity contribution in [3.05, 3.63) is 29.8 Å². The fourth-order valence-corrected chi connectivity index (χ4v) is 2.05. The molecule has 2 aromatic carbocycles. The first kappa shape index (κ1) is 13.9. The Bertz CT molecular complexity index is 703. The first-order valence-electron chi connectivity index (χ1n) is 6.15. The van der Waals surface area contributed by atoms with Gasteiger partial charge in [0.05, 0.1) is 10.9 Å². The monoisotopic (exact) mass is 274 g/mol. The van der Waals surface area contributed by atoms with E-state index in [2.05, 4.69) is 0 Å². The minimum atomic E-state index is -0.552. The number of rotatable bonds is 3. The van der Waals surface area contributed by atoms with Crippen LogP contribution in [0.4, 0.5) is 0 Å². The maximum atomic E-state index is 11.8. The van der Waals surface area contributed by atoms with Crippen LogP contribution in [0.1, 0.15) is 30.6 Å². The number of ether oxygens (including phenoxy) is 1. The lowest BCUT2D eigenvalue weighted by molar-refractivity contribution is -0.131. The summed E-state index contributed by atoms with van der Waals surface area (Å²) in [6, 6.07) is 5.86. The van der Waals surface area contributed by atoms with E-state index < -0.39 is 5.97 Å². The minimum Gasteiger partial charge on any atom is -0.507 e. The summed E-state index contributed by atoms with van der Waals surface area (Å²) in [4.78, 5) is 22.9. The summed E-state index contributed by atoms with van der Waals surface area (Å²) in [5, 5.41) is 20.7. The van der Waals surface area contributed by atoms with Gasteiger partial charge in [-0.2, -0.15) is 0 Å². The number of phenolic OH excluding ortho intramolecular Hbond substituents is 2. The van der Waals surface area contributed by atoms with Gasteiger partial charge in [0.2, 0.25) is 0 Å². The quantitative estimate of drug-likeness (QED) is 0.389. The number of aromatic hydroxyl groups is 2. The average Bonchev–Trinajstić information content (AvgIpc) is 2.41. The number of esters is 1. The zero-order valence-corrected chi connectivity index (χ0v) is 11.1. The number of fused-ring (bicyclic) bond motifs is 1. The van der Waals surface area contributed by atoms with Crippen LogP contribution in [-0.4, -0.2) is 22.0 Å². The van der Waals surface area contributed by atoms with Crippen molar-refractivity contribution in [1.29, 1.82) is 0 Å². The average molecular weight is 274 g/mol.